The van der Waals surface area contributed by atoms with Gasteiger partial charge in [0.1, 0.15) is 0 Å². The largest absolute Gasteiger partial charge is 0.272 e. The highest BCUT2D eigenvalue weighted by atomic mass is 35.5. The summed E-state index contributed by atoms with van der Waals surface area (Å²) < 4.78 is 0. The van der Waals surface area contributed by atoms with Gasteiger partial charge in [-0.3, -0.25) is 9.59 Å². The van der Waals surface area contributed by atoms with Crippen LogP contribution in [-0.4, -0.2) is 34.7 Å². The Morgan fingerprint density at radius 2 is 1.28 bits per heavy atom. The standard InChI is InChI=1S/C20H20Cl2N4O2S/c1-13(19(27)25-23-11-15-5-3-7-17(21)9-15)29-14(2)20(28)26-24-12-16-6-4-8-18(22)10-16/h3-14H,1-2H3,(H,25,27)(H,26,28)/b23-11-,24-12-/t13-,14-/m0/s1. The maximum atomic E-state index is 12.1. The van der Waals surface area contributed by atoms with Gasteiger partial charge in [-0.25, -0.2) is 10.9 Å². The number of nitrogens with one attached hydrogen (secondary N) is 2. The highest BCUT2D eigenvalue weighted by Crippen LogP contribution is 2.18. The number of benzene rings is 2. The van der Waals surface area contributed by atoms with E-state index < -0.39 is 10.5 Å². The van der Waals surface area contributed by atoms with Gasteiger partial charge >= 0.3 is 0 Å². The Balaban J connectivity index is 1.78. The van der Waals surface area contributed by atoms with Crippen molar-refractivity contribution in [2.75, 3.05) is 0 Å². The van der Waals surface area contributed by atoms with E-state index in [0.29, 0.717) is 10.0 Å². The van der Waals surface area contributed by atoms with E-state index in [1.165, 1.54) is 24.2 Å². The van der Waals surface area contributed by atoms with E-state index in [1.807, 2.05) is 12.1 Å². The van der Waals surface area contributed by atoms with E-state index >= 15 is 0 Å². The number of amides is 2. The first-order chi connectivity index (χ1) is 13.8. The SMILES string of the molecule is C[C@H](S[C@@H](C)C(=O)N/N=C\c1cccc(Cl)c1)C(=O)N/N=C\c1cccc(Cl)c1. The Hall–Kier alpha value is -2.35. The lowest BCUT2D eigenvalue weighted by Gasteiger charge is -2.14. The third-order valence-electron chi connectivity index (χ3n) is 3.62. The summed E-state index contributed by atoms with van der Waals surface area (Å²) in [5.41, 5.74) is 6.45. The van der Waals surface area contributed by atoms with Gasteiger partial charge in [0.25, 0.3) is 11.8 Å². The van der Waals surface area contributed by atoms with Crippen LogP contribution in [0.15, 0.2) is 58.7 Å². The van der Waals surface area contributed by atoms with Gasteiger partial charge in [0, 0.05) is 10.0 Å². The molecule has 9 heteroatoms. The second-order valence-electron chi connectivity index (χ2n) is 6.00. The number of rotatable bonds is 8. The predicted octanol–water partition coefficient (Wildman–Crippen LogP) is 4.10. The molecule has 2 aromatic carbocycles. The number of thioether (sulfide) groups is 1. The number of carbonyl (C=O) groups is 2. The average Bonchev–Trinajstić information content (AvgIpc) is 2.67. The van der Waals surface area contributed by atoms with Gasteiger partial charge in [0.15, 0.2) is 0 Å². The molecule has 0 saturated carbocycles. The molecule has 29 heavy (non-hydrogen) atoms. The van der Waals surface area contributed by atoms with E-state index in [9.17, 15) is 9.59 Å². The monoisotopic (exact) mass is 450 g/mol. The van der Waals surface area contributed by atoms with Crippen molar-refractivity contribution in [1.29, 1.82) is 0 Å². The Morgan fingerprint density at radius 3 is 1.66 bits per heavy atom. The van der Waals surface area contributed by atoms with Gasteiger partial charge in [0.05, 0.1) is 22.9 Å². The molecule has 2 amide bonds. The molecule has 0 unspecified atom stereocenters. The summed E-state index contributed by atoms with van der Waals surface area (Å²) in [6.45, 7) is 3.40. The normalized spacial score (nSPS) is 13.4. The van der Waals surface area contributed by atoms with Crippen LogP contribution >= 0.6 is 35.0 Å². The van der Waals surface area contributed by atoms with E-state index in [0.717, 1.165) is 11.1 Å². The zero-order chi connectivity index (χ0) is 21.2. The van der Waals surface area contributed by atoms with E-state index in [1.54, 1.807) is 50.2 Å². The molecule has 0 aromatic heterocycles. The maximum absolute atomic E-state index is 12.1. The molecule has 6 nitrogen and oxygen atoms in total. The number of hydrazone groups is 2. The van der Waals surface area contributed by atoms with Crippen LogP contribution < -0.4 is 10.9 Å². The zero-order valence-corrected chi connectivity index (χ0v) is 18.1. The second kappa shape index (κ2) is 11.6. The quantitative estimate of drug-likeness (QED) is 0.468. The maximum Gasteiger partial charge on any atom is 0.252 e. The summed E-state index contributed by atoms with van der Waals surface area (Å²) in [6.07, 6.45) is 3.00. The molecule has 2 aromatic rings. The van der Waals surface area contributed by atoms with Crippen LogP contribution in [0.4, 0.5) is 0 Å². The summed E-state index contributed by atoms with van der Waals surface area (Å²) in [5, 5.41) is 8.04. The van der Waals surface area contributed by atoms with Crippen molar-refractivity contribution >= 4 is 59.2 Å². The Labute approximate surface area is 183 Å². The van der Waals surface area contributed by atoms with Gasteiger partial charge in [0.2, 0.25) is 0 Å². The fourth-order valence-corrected chi connectivity index (χ4v) is 3.49. The lowest BCUT2D eigenvalue weighted by molar-refractivity contribution is -0.120. The molecule has 2 atom stereocenters. The number of hydrogen-bond acceptors (Lipinski definition) is 5. The van der Waals surface area contributed by atoms with Crippen LogP contribution in [0.3, 0.4) is 0 Å². The lowest BCUT2D eigenvalue weighted by atomic mass is 10.2. The molecule has 152 valence electrons. The summed E-state index contributed by atoms with van der Waals surface area (Å²) >= 11 is 13.0. The van der Waals surface area contributed by atoms with Crippen LogP contribution in [0.2, 0.25) is 10.0 Å². The molecule has 2 rings (SSSR count). The van der Waals surface area contributed by atoms with Gasteiger partial charge in [-0.05, 0) is 49.2 Å². The molecule has 0 heterocycles. The third kappa shape index (κ3) is 8.27. The van der Waals surface area contributed by atoms with Crippen molar-refractivity contribution in [3.8, 4) is 0 Å². The van der Waals surface area contributed by atoms with Crippen LogP contribution in [0.5, 0.6) is 0 Å². The van der Waals surface area contributed by atoms with Gasteiger partial charge < -0.3 is 0 Å². The predicted molar refractivity (Wildman–Crippen MR) is 121 cm³/mol. The van der Waals surface area contributed by atoms with Crippen molar-refractivity contribution in [2.45, 2.75) is 24.3 Å². The third-order valence-corrected chi connectivity index (χ3v) is 5.34. The summed E-state index contributed by atoms with van der Waals surface area (Å²) in [7, 11) is 0. The molecule has 2 N–H and O–H groups in total. The first kappa shape index (κ1) is 22.9. The molecule has 0 saturated heterocycles. The summed E-state index contributed by atoms with van der Waals surface area (Å²) in [4.78, 5) is 24.3. The highest BCUT2D eigenvalue weighted by molar-refractivity contribution is 8.01. The van der Waals surface area contributed by atoms with Crippen molar-refractivity contribution in [2.24, 2.45) is 10.2 Å². The molecule has 0 radical (unpaired) electrons. The minimum absolute atomic E-state index is 0.310. The molecular weight excluding hydrogens is 431 g/mol. The zero-order valence-electron chi connectivity index (χ0n) is 15.8. The Bertz CT molecular complexity index is 847. The molecule has 0 bridgehead atoms. The molecule has 0 spiro atoms. The fraction of sp³-hybridized carbons (Fsp3) is 0.200. The Kier molecular flexibility index (Phi) is 9.18. The highest BCUT2D eigenvalue weighted by Gasteiger charge is 2.21. The van der Waals surface area contributed by atoms with Crippen molar-refractivity contribution in [1.82, 2.24) is 10.9 Å². The fourth-order valence-electron chi connectivity index (χ4n) is 2.13. The number of nitrogens with zero attached hydrogens (tertiary/aromatic N) is 2. The number of carbonyl (C=O) groups excluding carboxylic acids is 2. The molecule has 0 fully saturated rings. The second-order valence-corrected chi connectivity index (χ2v) is 8.56. The smallest absolute Gasteiger partial charge is 0.252 e. The van der Waals surface area contributed by atoms with Gasteiger partial charge in [-0.1, -0.05) is 47.5 Å². The molecule has 0 aliphatic rings. The van der Waals surface area contributed by atoms with Crippen LogP contribution in [0.25, 0.3) is 0 Å². The van der Waals surface area contributed by atoms with Crippen molar-refractivity contribution < 1.29 is 9.59 Å². The van der Waals surface area contributed by atoms with Crippen molar-refractivity contribution in [3.05, 3.63) is 69.7 Å². The van der Waals surface area contributed by atoms with Gasteiger partial charge in [-0.2, -0.15) is 10.2 Å². The minimum Gasteiger partial charge on any atom is -0.272 e. The van der Waals surface area contributed by atoms with Gasteiger partial charge in [-0.15, -0.1) is 11.8 Å². The topological polar surface area (TPSA) is 82.9 Å². The van der Waals surface area contributed by atoms with Crippen LogP contribution in [0.1, 0.15) is 25.0 Å². The molecule has 0 aliphatic heterocycles. The lowest BCUT2D eigenvalue weighted by Crippen LogP contribution is -2.33. The first-order valence-corrected chi connectivity index (χ1v) is 10.4. The number of halogens is 2. The summed E-state index contributed by atoms with van der Waals surface area (Å²) in [5.74, 6) is -0.620. The average molecular weight is 451 g/mol. The summed E-state index contributed by atoms with van der Waals surface area (Å²) in [6, 6.07) is 14.2. The van der Waals surface area contributed by atoms with E-state index in [4.69, 9.17) is 23.2 Å². The van der Waals surface area contributed by atoms with Crippen molar-refractivity contribution in [3.63, 3.8) is 0 Å². The molecule has 0 aliphatic carbocycles. The van der Waals surface area contributed by atoms with E-state index in [2.05, 4.69) is 21.1 Å². The molecular formula is C20H20Cl2N4O2S. The van der Waals surface area contributed by atoms with Crippen LogP contribution in [0, 0.1) is 0 Å². The minimum atomic E-state index is -0.482. The van der Waals surface area contributed by atoms with E-state index in [-0.39, 0.29) is 11.8 Å². The Morgan fingerprint density at radius 1 is 0.862 bits per heavy atom. The number of hydrogen-bond donors (Lipinski definition) is 2. The first-order valence-electron chi connectivity index (χ1n) is 8.67. The van der Waals surface area contributed by atoms with Crippen LogP contribution in [-0.2, 0) is 9.59 Å².